The maximum absolute atomic E-state index is 13.4. The van der Waals surface area contributed by atoms with Gasteiger partial charge in [0.05, 0.1) is 5.52 Å². The van der Waals surface area contributed by atoms with Crippen molar-refractivity contribution < 1.29 is 23.8 Å². The largest absolute Gasteiger partial charge is 0.486 e. The van der Waals surface area contributed by atoms with Crippen molar-refractivity contribution in [2.75, 3.05) is 32.8 Å². The summed E-state index contributed by atoms with van der Waals surface area (Å²) in [5.74, 6) is 1.42. The summed E-state index contributed by atoms with van der Waals surface area (Å²) >= 11 is 0. The molecule has 3 aromatic rings. The number of fused-ring (bicyclic) bond motifs is 2. The number of carbonyl (C=O) groups excluding carboxylic acids is 2. The van der Waals surface area contributed by atoms with Gasteiger partial charge in [0.1, 0.15) is 25.1 Å². The number of nitrogens with zero attached hydrogens (tertiary/aromatic N) is 3. The third kappa shape index (κ3) is 6.73. The number of pyridine rings is 1. The molecular formula is C32H39N3O6. The van der Waals surface area contributed by atoms with E-state index in [1.54, 1.807) is 22.8 Å². The zero-order valence-electron chi connectivity index (χ0n) is 24.4. The highest BCUT2D eigenvalue weighted by Gasteiger charge is 2.31. The number of hydrogen-bond donors (Lipinski definition) is 0. The number of benzene rings is 2. The van der Waals surface area contributed by atoms with E-state index >= 15 is 0 Å². The van der Waals surface area contributed by atoms with Crippen molar-refractivity contribution in [3.05, 3.63) is 69.5 Å². The first kappa shape index (κ1) is 28.7. The van der Waals surface area contributed by atoms with Crippen LogP contribution in [0, 0.1) is 6.92 Å². The Morgan fingerprint density at radius 2 is 1.76 bits per heavy atom. The fourth-order valence-electron chi connectivity index (χ4n) is 5.61. The van der Waals surface area contributed by atoms with E-state index in [1.807, 2.05) is 56.9 Å². The lowest BCUT2D eigenvalue weighted by molar-refractivity contribution is 0.00562. The first-order valence-corrected chi connectivity index (χ1v) is 14.3. The van der Waals surface area contributed by atoms with Crippen molar-refractivity contribution in [2.45, 2.75) is 65.3 Å². The SMILES string of the molecule is Cc1cc(=O)n(CCN2CCC(N(Cc3ccc4c(c3)OCCO4)C(=O)OC(C)(C)C)CC2)c2cc(C=O)ccc12. The van der Waals surface area contributed by atoms with Gasteiger partial charge in [0.2, 0.25) is 0 Å². The summed E-state index contributed by atoms with van der Waals surface area (Å²) in [5, 5.41) is 0.973. The summed E-state index contributed by atoms with van der Waals surface area (Å²) in [6.07, 6.45) is 2.07. The van der Waals surface area contributed by atoms with E-state index in [0.717, 1.165) is 60.0 Å². The van der Waals surface area contributed by atoms with Crippen LogP contribution in [0.25, 0.3) is 10.9 Å². The van der Waals surface area contributed by atoms with Crippen LogP contribution in [-0.2, 0) is 17.8 Å². The number of hydrogen-bond acceptors (Lipinski definition) is 7. The topological polar surface area (TPSA) is 90.3 Å². The van der Waals surface area contributed by atoms with E-state index < -0.39 is 5.60 Å². The summed E-state index contributed by atoms with van der Waals surface area (Å²) in [5.41, 5.74) is 2.53. The van der Waals surface area contributed by atoms with Crippen molar-refractivity contribution in [2.24, 2.45) is 0 Å². The molecule has 0 atom stereocenters. The molecule has 0 unspecified atom stereocenters. The van der Waals surface area contributed by atoms with E-state index in [-0.39, 0.29) is 17.7 Å². The maximum atomic E-state index is 13.4. The van der Waals surface area contributed by atoms with Gasteiger partial charge in [-0.1, -0.05) is 18.2 Å². The van der Waals surface area contributed by atoms with E-state index in [1.165, 1.54) is 0 Å². The van der Waals surface area contributed by atoms with Crippen molar-refractivity contribution in [3.63, 3.8) is 0 Å². The molecule has 2 aliphatic heterocycles. The van der Waals surface area contributed by atoms with Crippen molar-refractivity contribution >= 4 is 23.3 Å². The highest BCUT2D eigenvalue weighted by molar-refractivity contribution is 5.88. The Balaban J connectivity index is 1.27. The lowest BCUT2D eigenvalue weighted by atomic mass is 10.0. The summed E-state index contributed by atoms with van der Waals surface area (Å²) in [6, 6.07) is 13.0. The minimum absolute atomic E-state index is 0.0207. The normalized spacial score (nSPS) is 16.0. The van der Waals surface area contributed by atoms with E-state index in [2.05, 4.69) is 4.90 Å². The van der Waals surface area contributed by atoms with Gasteiger partial charge in [-0.3, -0.25) is 9.59 Å². The fraction of sp³-hybridized carbons (Fsp3) is 0.469. The van der Waals surface area contributed by atoms with Crippen LogP contribution < -0.4 is 15.0 Å². The smallest absolute Gasteiger partial charge is 0.410 e. The molecule has 0 spiro atoms. The van der Waals surface area contributed by atoms with Gasteiger partial charge in [-0.25, -0.2) is 4.79 Å². The molecule has 9 nitrogen and oxygen atoms in total. The monoisotopic (exact) mass is 561 g/mol. The average Bonchev–Trinajstić information content (AvgIpc) is 2.95. The van der Waals surface area contributed by atoms with Gasteiger partial charge in [-0.2, -0.15) is 0 Å². The molecule has 2 aromatic carbocycles. The Bertz CT molecular complexity index is 1480. The second kappa shape index (κ2) is 11.9. The Morgan fingerprint density at radius 1 is 1.02 bits per heavy atom. The van der Waals surface area contributed by atoms with Gasteiger partial charge < -0.3 is 28.6 Å². The molecule has 9 heteroatoms. The molecule has 2 aliphatic rings. The summed E-state index contributed by atoms with van der Waals surface area (Å²) < 4.78 is 19.0. The number of likely N-dealkylation sites (tertiary alicyclic amines) is 1. The van der Waals surface area contributed by atoms with Crippen LogP contribution in [-0.4, -0.2) is 71.2 Å². The highest BCUT2D eigenvalue weighted by Crippen LogP contribution is 2.32. The number of aromatic nitrogens is 1. The first-order chi connectivity index (χ1) is 19.6. The zero-order chi connectivity index (χ0) is 29.1. The molecule has 1 amide bonds. The molecule has 1 fully saturated rings. The second-order valence-corrected chi connectivity index (χ2v) is 11.9. The van der Waals surface area contributed by atoms with Crippen LogP contribution in [0.2, 0.25) is 0 Å². The maximum Gasteiger partial charge on any atom is 0.410 e. The Morgan fingerprint density at radius 3 is 2.46 bits per heavy atom. The molecular weight excluding hydrogens is 522 g/mol. The molecule has 5 rings (SSSR count). The van der Waals surface area contributed by atoms with Crippen LogP contribution in [0.3, 0.4) is 0 Å². The molecule has 1 saturated heterocycles. The summed E-state index contributed by atoms with van der Waals surface area (Å²) in [6.45, 7) is 11.8. The van der Waals surface area contributed by atoms with Gasteiger partial charge in [-0.05, 0) is 69.9 Å². The molecule has 218 valence electrons. The van der Waals surface area contributed by atoms with Crippen LogP contribution >= 0.6 is 0 Å². The van der Waals surface area contributed by atoms with Gasteiger partial charge in [-0.15, -0.1) is 0 Å². The summed E-state index contributed by atoms with van der Waals surface area (Å²) in [4.78, 5) is 41.8. The standard InChI is InChI=1S/C32H39N3O6/c1-22-17-30(37)34(27-18-24(21-36)5-7-26(22)27)14-13-33-11-9-25(10-12-33)35(31(38)41-32(2,3)4)20-23-6-8-28-29(19-23)40-16-15-39-28/h5-8,17-19,21,25H,9-16,20H2,1-4H3. The fourth-order valence-corrected chi connectivity index (χ4v) is 5.61. The molecule has 0 bridgehead atoms. The van der Waals surface area contributed by atoms with Gasteiger partial charge in [0.25, 0.3) is 5.56 Å². The van der Waals surface area contributed by atoms with Gasteiger partial charge in [0.15, 0.2) is 11.5 Å². The van der Waals surface area contributed by atoms with E-state index in [4.69, 9.17) is 14.2 Å². The second-order valence-electron chi connectivity index (χ2n) is 11.9. The minimum atomic E-state index is -0.601. The van der Waals surface area contributed by atoms with Gasteiger partial charge >= 0.3 is 6.09 Å². The van der Waals surface area contributed by atoms with Crippen LogP contribution in [0.5, 0.6) is 11.5 Å². The number of piperidine rings is 1. The van der Waals surface area contributed by atoms with Crippen LogP contribution in [0.4, 0.5) is 4.79 Å². The molecule has 3 heterocycles. The molecule has 0 aliphatic carbocycles. The molecule has 1 aromatic heterocycles. The molecule has 41 heavy (non-hydrogen) atoms. The predicted octanol–water partition coefficient (Wildman–Crippen LogP) is 4.80. The van der Waals surface area contributed by atoms with E-state index in [9.17, 15) is 14.4 Å². The van der Waals surface area contributed by atoms with Crippen LogP contribution in [0.1, 0.15) is 55.1 Å². The Hall–Kier alpha value is -3.85. The molecule has 0 saturated carbocycles. The lowest BCUT2D eigenvalue weighted by Gasteiger charge is -2.39. The van der Waals surface area contributed by atoms with E-state index in [0.29, 0.717) is 44.2 Å². The molecule has 0 N–H and O–H groups in total. The van der Waals surface area contributed by atoms with Crippen molar-refractivity contribution in [1.82, 2.24) is 14.4 Å². The average molecular weight is 562 g/mol. The van der Waals surface area contributed by atoms with Gasteiger partial charge in [0, 0.05) is 55.8 Å². The third-order valence-electron chi connectivity index (χ3n) is 7.70. The third-order valence-corrected chi connectivity index (χ3v) is 7.70. The van der Waals surface area contributed by atoms with Crippen molar-refractivity contribution in [3.8, 4) is 11.5 Å². The quantitative estimate of drug-likeness (QED) is 0.383. The number of carbonyl (C=O) groups is 2. The Labute approximate surface area is 240 Å². The number of rotatable bonds is 7. The predicted molar refractivity (Wildman–Crippen MR) is 157 cm³/mol. The zero-order valence-corrected chi connectivity index (χ0v) is 24.4. The molecule has 0 radical (unpaired) electrons. The van der Waals surface area contributed by atoms with Crippen molar-refractivity contribution in [1.29, 1.82) is 0 Å². The number of amides is 1. The van der Waals surface area contributed by atoms with Crippen LogP contribution in [0.15, 0.2) is 47.3 Å². The first-order valence-electron chi connectivity index (χ1n) is 14.3. The lowest BCUT2D eigenvalue weighted by Crippen LogP contribution is -2.49. The number of aryl methyl sites for hydroxylation is 1. The number of aldehydes is 1. The number of ether oxygens (including phenoxy) is 3. The highest BCUT2D eigenvalue weighted by atomic mass is 16.6. The Kier molecular flexibility index (Phi) is 8.35. The summed E-state index contributed by atoms with van der Waals surface area (Å²) in [7, 11) is 0. The minimum Gasteiger partial charge on any atom is -0.486 e.